The minimum absolute atomic E-state index is 0.229. The van der Waals surface area contributed by atoms with E-state index in [1.807, 2.05) is 0 Å². The van der Waals surface area contributed by atoms with E-state index in [4.69, 9.17) is 0 Å². The van der Waals surface area contributed by atoms with Gasteiger partial charge in [-0.25, -0.2) is 0 Å². The van der Waals surface area contributed by atoms with Gasteiger partial charge in [-0.1, -0.05) is 33.6 Å². The van der Waals surface area contributed by atoms with Gasteiger partial charge in [0.1, 0.15) is 5.54 Å². The molecule has 0 aromatic heterocycles. The number of hydrogen-bond donors (Lipinski definition) is 1. The first-order chi connectivity index (χ1) is 7.82. The van der Waals surface area contributed by atoms with E-state index in [0.717, 1.165) is 6.42 Å². The van der Waals surface area contributed by atoms with Crippen molar-refractivity contribution in [2.75, 3.05) is 6.54 Å². The average Bonchev–Trinajstić information content (AvgIpc) is 2.41. The van der Waals surface area contributed by atoms with Gasteiger partial charge in [0.25, 0.3) is 0 Å². The van der Waals surface area contributed by atoms with Crippen LogP contribution in [-0.4, -0.2) is 18.3 Å². The Morgan fingerprint density at radius 3 is 2.35 bits per heavy atom. The van der Waals surface area contributed by atoms with Crippen LogP contribution in [0.15, 0.2) is 0 Å². The number of rotatable bonds is 3. The molecule has 0 heterocycles. The Labute approximate surface area is 102 Å². The van der Waals surface area contributed by atoms with Crippen LogP contribution in [0.1, 0.15) is 52.9 Å². The summed E-state index contributed by atoms with van der Waals surface area (Å²) >= 11 is 0. The highest BCUT2D eigenvalue weighted by Crippen LogP contribution is 2.43. The number of halogens is 3. The van der Waals surface area contributed by atoms with Gasteiger partial charge in [0.05, 0.1) is 0 Å². The van der Waals surface area contributed by atoms with Crippen LogP contribution in [0.4, 0.5) is 13.2 Å². The molecule has 2 unspecified atom stereocenters. The van der Waals surface area contributed by atoms with Crippen LogP contribution in [0.25, 0.3) is 0 Å². The van der Waals surface area contributed by atoms with E-state index in [-0.39, 0.29) is 12.8 Å². The molecule has 0 aromatic rings. The molecule has 0 amide bonds. The first-order valence-corrected chi connectivity index (χ1v) is 6.64. The van der Waals surface area contributed by atoms with Crippen molar-refractivity contribution < 1.29 is 13.2 Å². The summed E-state index contributed by atoms with van der Waals surface area (Å²) < 4.78 is 39.7. The molecule has 102 valence electrons. The zero-order chi connectivity index (χ0) is 13.1. The first-order valence-electron chi connectivity index (χ1n) is 6.64. The molecule has 1 N–H and O–H groups in total. The normalized spacial score (nSPS) is 31.6. The van der Waals surface area contributed by atoms with E-state index in [0.29, 0.717) is 31.2 Å². The SMILES string of the molecule is CCNC1(C(F)(F)F)CCCC(C(C)C)CC1. The Bertz CT molecular complexity index is 237. The summed E-state index contributed by atoms with van der Waals surface area (Å²) in [6.45, 7) is 6.35. The molecule has 1 rings (SSSR count). The van der Waals surface area contributed by atoms with E-state index < -0.39 is 11.7 Å². The molecule has 1 nitrogen and oxygen atoms in total. The van der Waals surface area contributed by atoms with Crippen LogP contribution in [-0.2, 0) is 0 Å². The molecule has 2 atom stereocenters. The summed E-state index contributed by atoms with van der Waals surface area (Å²) in [5, 5.41) is 2.71. The van der Waals surface area contributed by atoms with Gasteiger partial charge in [0.15, 0.2) is 0 Å². The minimum Gasteiger partial charge on any atom is -0.304 e. The largest absolute Gasteiger partial charge is 0.406 e. The lowest BCUT2D eigenvalue weighted by Crippen LogP contribution is -2.56. The van der Waals surface area contributed by atoms with Crippen molar-refractivity contribution in [3.05, 3.63) is 0 Å². The third-order valence-corrected chi connectivity index (χ3v) is 4.12. The molecular formula is C13H24F3N. The smallest absolute Gasteiger partial charge is 0.304 e. The second kappa shape index (κ2) is 5.59. The Morgan fingerprint density at radius 1 is 1.24 bits per heavy atom. The molecule has 17 heavy (non-hydrogen) atoms. The van der Waals surface area contributed by atoms with Crippen LogP contribution < -0.4 is 5.32 Å². The average molecular weight is 251 g/mol. The second-order valence-electron chi connectivity index (χ2n) is 5.55. The van der Waals surface area contributed by atoms with Gasteiger partial charge in [0.2, 0.25) is 0 Å². The predicted molar refractivity (Wildman–Crippen MR) is 63.9 cm³/mol. The Morgan fingerprint density at radius 2 is 1.88 bits per heavy atom. The van der Waals surface area contributed by atoms with Gasteiger partial charge in [-0.3, -0.25) is 0 Å². The van der Waals surface area contributed by atoms with E-state index in [2.05, 4.69) is 19.2 Å². The van der Waals surface area contributed by atoms with Crippen LogP contribution in [0.3, 0.4) is 0 Å². The first kappa shape index (κ1) is 14.8. The molecule has 1 fully saturated rings. The van der Waals surface area contributed by atoms with E-state index in [1.165, 1.54) is 0 Å². The van der Waals surface area contributed by atoms with Crippen molar-refractivity contribution in [3.63, 3.8) is 0 Å². The summed E-state index contributed by atoms with van der Waals surface area (Å²) in [6.07, 6.45) is -1.38. The number of hydrogen-bond acceptors (Lipinski definition) is 1. The lowest BCUT2D eigenvalue weighted by molar-refractivity contribution is -0.200. The van der Waals surface area contributed by atoms with Crippen molar-refractivity contribution >= 4 is 0 Å². The van der Waals surface area contributed by atoms with Crippen molar-refractivity contribution in [3.8, 4) is 0 Å². The van der Waals surface area contributed by atoms with Crippen molar-refractivity contribution in [1.29, 1.82) is 0 Å². The summed E-state index contributed by atoms with van der Waals surface area (Å²) in [4.78, 5) is 0. The second-order valence-corrected chi connectivity index (χ2v) is 5.55. The van der Waals surface area contributed by atoms with Crippen molar-refractivity contribution in [2.24, 2.45) is 11.8 Å². The topological polar surface area (TPSA) is 12.0 Å². The lowest BCUT2D eigenvalue weighted by atomic mass is 9.86. The molecule has 1 aliphatic rings. The fourth-order valence-corrected chi connectivity index (χ4v) is 2.93. The third kappa shape index (κ3) is 3.36. The molecule has 0 aromatic carbocycles. The fourth-order valence-electron chi connectivity index (χ4n) is 2.93. The summed E-state index contributed by atoms with van der Waals surface area (Å²) in [6, 6.07) is 0. The summed E-state index contributed by atoms with van der Waals surface area (Å²) in [5.41, 5.74) is -1.63. The Hall–Kier alpha value is -0.250. The number of nitrogens with one attached hydrogen (secondary N) is 1. The van der Waals surface area contributed by atoms with Crippen LogP contribution in [0.2, 0.25) is 0 Å². The van der Waals surface area contributed by atoms with Gasteiger partial charge in [0, 0.05) is 0 Å². The maximum atomic E-state index is 13.2. The summed E-state index contributed by atoms with van der Waals surface area (Å²) in [5.74, 6) is 0.929. The maximum Gasteiger partial charge on any atom is 0.406 e. The predicted octanol–water partition coefficient (Wildman–Crippen LogP) is 4.13. The maximum absolute atomic E-state index is 13.2. The monoisotopic (exact) mass is 251 g/mol. The van der Waals surface area contributed by atoms with E-state index >= 15 is 0 Å². The molecule has 1 aliphatic carbocycles. The molecule has 4 heteroatoms. The van der Waals surface area contributed by atoms with Gasteiger partial charge < -0.3 is 5.32 Å². The fraction of sp³-hybridized carbons (Fsp3) is 1.00. The molecule has 0 saturated heterocycles. The summed E-state index contributed by atoms with van der Waals surface area (Å²) in [7, 11) is 0. The highest BCUT2D eigenvalue weighted by molar-refractivity contribution is 4.97. The standard InChI is InChI=1S/C13H24F3N/c1-4-17-12(13(14,15)16)8-5-6-11(7-9-12)10(2)3/h10-11,17H,4-9H2,1-3H3. The lowest BCUT2D eigenvalue weighted by Gasteiger charge is -2.36. The highest BCUT2D eigenvalue weighted by Gasteiger charge is 2.54. The van der Waals surface area contributed by atoms with Gasteiger partial charge in [-0.05, 0) is 37.6 Å². The van der Waals surface area contributed by atoms with E-state index in [9.17, 15) is 13.2 Å². The molecular weight excluding hydrogens is 227 g/mol. The minimum atomic E-state index is -4.13. The molecule has 1 saturated carbocycles. The van der Waals surface area contributed by atoms with Crippen LogP contribution in [0, 0.1) is 11.8 Å². The zero-order valence-corrected chi connectivity index (χ0v) is 11.0. The van der Waals surface area contributed by atoms with Crippen LogP contribution >= 0.6 is 0 Å². The van der Waals surface area contributed by atoms with Gasteiger partial charge in [-0.15, -0.1) is 0 Å². The number of alkyl halides is 3. The highest BCUT2D eigenvalue weighted by atomic mass is 19.4. The Balaban J connectivity index is 2.80. The zero-order valence-electron chi connectivity index (χ0n) is 11.0. The van der Waals surface area contributed by atoms with Gasteiger partial charge >= 0.3 is 6.18 Å². The van der Waals surface area contributed by atoms with E-state index in [1.54, 1.807) is 6.92 Å². The Kier molecular flexibility index (Phi) is 4.87. The molecule has 0 aliphatic heterocycles. The quantitative estimate of drug-likeness (QED) is 0.743. The van der Waals surface area contributed by atoms with Gasteiger partial charge in [-0.2, -0.15) is 13.2 Å². The van der Waals surface area contributed by atoms with Crippen molar-refractivity contribution in [2.45, 2.75) is 64.6 Å². The molecule has 0 radical (unpaired) electrons. The van der Waals surface area contributed by atoms with Crippen LogP contribution in [0.5, 0.6) is 0 Å². The van der Waals surface area contributed by atoms with Crippen molar-refractivity contribution in [1.82, 2.24) is 5.32 Å². The third-order valence-electron chi connectivity index (χ3n) is 4.12. The molecule has 0 bridgehead atoms. The molecule has 0 spiro atoms.